The molecule has 248 valence electrons. The van der Waals surface area contributed by atoms with Gasteiger partial charge in [-0.05, 0) is 107 Å². The third-order valence-electron chi connectivity index (χ3n) is 12.0. The highest BCUT2D eigenvalue weighted by atomic mass is 16.3. The van der Waals surface area contributed by atoms with Crippen LogP contribution in [0.1, 0.15) is 0 Å². The molecule has 54 heavy (non-hydrogen) atoms. The van der Waals surface area contributed by atoms with E-state index in [-0.39, 0.29) is 0 Å². The first kappa shape index (κ1) is 28.4. The van der Waals surface area contributed by atoms with Crippen molar-refractivity contribution in [3.63, 3.8) is 0 Å². The van der Waals surface area contributed by atoms with Crippen LogP contribution in [0.15, 0.2) is 179 Å². The summed E-state index contributed by atoms with van der Waals surface area (Å²) in [5.41, 5.74) is 13.4. The van der Waals surface area contributed by atoms with Crippen molar-refractivity contribution in [1.82, 2.24) is 0 Å². The molecule has 10 aromatic carbocycles. The highest BCUT2D eigenvalue weighted by molar-refractivity contribution is 6.38. The molecule has 1 aliphatic carbocycles. The summed E-state index contributed by atoms with van der Waals surface area (Å²) in [6.07, 6.45) is 0. The van der Waals surface area contributed by atoms with Crippen molar-refractivity contribution in [2.75, 3.05) is 0 Å². The van der Waals surface area contributed by atoms with E-state index in [2.05, 4.69) is 170 Å². The molecule has 2 heterocycles. The van der Waals surface area contributed by atoms with Crippen LogP contribution in [0.4, 0.5) is 0 Å². The minimum atomic E-state index is 0.905. The number of furan rings is 2. The van der Waals surface area contributed by atoms with E-state index in [0.29, 0.717) is 0 Å². The first-order valence-corrected chi connectivity index (χ1v) is 18.6. The summed E-state index contributed by atoms with van der Waals surface area (Å²) in [6, 6.07) is 61.9. The van der Waals surface area contributed by atoms with Crippen molar-refractivity contribution in [2.45, 2.75) is 0 Å². The fourth-order valence-corrected chi connectivity index (χ4v) is 9.79. The summed E-state index contributed by atoms with van der Waals surface area (Å²) in [5.74, 6) is 0. The first-order valence-electron chi connectivity index (χ1n) is 18.6. The Labute approximate surface area is 309 Å². The average molecular weight is 685 g/mol. The van der Waals surface area contributed by atoms with E-state index in [1.54, 1.807) is 0 Å². The van der Waals surface area contributed by atoms with E-state index >= 15 is 0 Å². The van der Waals surface area contributed by atoms with E-state index in [1.165, 1.54) is 109 Å². The molecule has 13 rings (SSSR count). The van der Waals surface area contributed by atoms with Crippen LogP contribution in [0, 0.1) is 0 Å². The summed E-state index contributed by atoms with van der Waals surface area (Å²) in [7, 11) is 0. The minimum Gasteiger partial charge on any atom is -0.456 e. The molecule has 0 aliphatic heterocycles. The monoisotopic (exact) mass is 684 g/mol. The lowest BCUT2D eigenvalue weighted by Crippen LogP contribution is -1.93. The van der Waals surface area contributed by atoms with Crippen molar-refractivity contribution in [3.8, 4) is 44.5 Å². The topological polar surface area (TPSA) is 26.3 Å². The summed E-state index contributed by atoms with van der Waals surface area (Å²) in [5, 5.41) is 14.5. The van der Waals surface area contributed by atoms with Gasteiger partial charge in [0.1, 0.15) is 22.3 Å². The van der Waals surface area contributed by atoms with Gasteiger partial charge in [-0.25, -0.2) is 0 Å². The Bertz CT molecular complexity index is 3530. The normalized spacial score (nSPS) is 12.4. The van der Waals surface area contributed by atoms with Gasteiger partial charge in [-0.2, -0.15) is 0 Å². The van der Waals surface area contributed by atoms with Gasteiger partial charge in [0, 0.05) is 32.5 Å². The molecule has 0 radical (unpaired) electrons. The van der Waals surface area contributed by atoms with E-state index in [1.807, 2.05) is 0 Å². The van der Waals surface area contributed by atoms with Gasteiger partial charge < -0.3 is 8.83 Å². The zero-order valence-electron chi connectivity index (χ0n) is 29.0. The first-order chi connectivity index (χ1) is 26.8. The lowest BCUT2D eigenvalue weighted by atomic mass is 9.82. The summed E-state index contributed by atoms with van der Waals surface area (Å²) in [4.78, 5) is 0. The second-order valence-electron chi connectivity index (χ2n) is 14.7. The summed E-state index contributed by atoms with van der Waals surface area (Å²) >= 11 is 0. The maximum absolute atomic E-state index is 6.67. The Balaban J connectivity index is 1.13. The Morgan fingerprint density at radius 3 is 1.48 bits per heavy atom. The van der Waals surface area contributed by atoms with Crippen LogP contribution in [0.5, 0.6) is 0 Å². The number of benzene rings is 10. The molecular weight excluding hydrogens is 657 g/mol. The molecule has 2 heteroatoms. The average Bonchev–Trinajstić information content (AvgIpc) is 3.77. The van der Waals surface area contributed by atoms with Crippen molar-refractivity contribution >= 4 is 87.0 Å². The van der Waals surface area contributed by atoms with Crippen LogP contribution in [0.25, 0.3) is 131 Å². The molecule has 2 nitrogen and oxygen atoms in total. The molecule has 12 aromatic rings. The Kier molecular flexibility index (Phi) is 5.39. The van der Waals surface area contributed by atoms with Crippen LogP contribution in [0.2, 0.25) is 0 Å². The van der Waals surface area contributed by atoms with Crippen molar-refractivity contribution < 1.29 is 8.83 Å². The van der Waals surface area contributed by atoms with Gasteiger partial charge in [-0.15, -0.1) is 0 Å². The summed E-state index contributed by atoms with van der Waals surface area (Å²) in [6.45, 7) is 0. The zero-order chi connectivity index (χ0) is 35.1. The molecule has 0 fully saturated rings. The molecule has 1 aliphatic rings. The Hall–Kier alpha value is -7.16. The highest BCUT2D eigenvalue weighted by Gasteiger charge is 2.28. The van der Waals surface area contributed by atoms with Crippen LogP contribution in [-0.4, -0.2) is 0 Å². The predicted molar refractivity (Wildman–Crippen MR) is 226 cm³/mol. The SMILES string of the molecule is c1ccc2c(-c3ccc(-c4c5ccccc5c(-c5ccc6oc7ccc8ccc9oc%10cccc%11c%10c9c8c7c6c5-%11)c5ccccc45)cc3)cccc2c1. The van der Waals surface area contributed by atoms with Crippen molar-refractivity contribution in [2.24, 2.45) is 0 Å². The van der Waals surface area contributed by atoms with Crippen LogP contribution in [0.3, 0.4) is 0 Å². The van der Waals surface area contributed by atoms with Gasteiger partial charge in [-0.3, -0.25) is 0 Å². The van der Waals surface area contributed by atoms with Gasteiger partial charge in [0.25, 0.3) is 0 Å². The molecule has 0 spiro atoms. The number of rotatable bonds is 3. The Morgan fingerprint density at radius 1 is 0.241 bits per heavy atom. The van der Waals surface area contributed by atoms with Crippen molar-refractivity contribution in [1.29, 1.82) is 0 Å². The molecule has 0 saturated carbocycles. The zero-order valence-corrected chi connectivity index (χ0v) is 29.0. The number of fused-ring (bicyclic) bond motifs is 4. The van der Waals surface area contributed by atoms with E-state index in [0.717, 1.165) is 22.3 Å². The fourth-order valence-electron chi connectivity index (χ4n) is 9.79. The van der Waals surface area contributed by atoms with Gasteiger partial charge >= 0.3 is 0 Å². The molecule has 2 aromatic heterocycles. The van der Waals surface area contributed by atoms with Gasteiger partial charge in [-0.1, -0.05) is 140 Å². The molecule has 0 saturated heterocycles. The molecule has 0 unspecified atom stereocenters. The smallest absolute Gasteiger partial charge is 0.136 e. The highest BCUT2D eigenvalue weighted by Crippen LogP contribution is 2.54. The predicted octanol–water partition coefficient (Wildman–Crippen LogP) is 15.1. The number of hydrogen-bond donors (Lipinski definition) is 0. The van der Waals surface area contributed by atoms with Crippen LogP contribution < -0.4 is 0 Å². The second-order valence-corrected chi connectivity index (χ2v) is 14.7. The van der Waals surface area contributed by atoms with E-state index in [4.69, 9.17) is 8.83 Å². The standard InChI is InChI=1S/C52H28O2/c1-2-11-33-29(9-1)10-7-16-34(33)30-19-21-31(22-20-30)45-35-12-3-5-14-37(35)47(38-15-6-4-13-36(38)45)40-25-28-44-52-48(40)39-17-8-18-41-49(39)50-42(53-41)26-23-32-24-27-43(54-44)51(52)46(32)50/h1-28H. The van der Waals surface area contributed by atoms with Gasteiger partial charge in [0.05, 0.1) is 0 Å². The summed E-state index contributed by atoms with van der Waals surface area (Å²) < 4.78 is 13.2. The second kappa shape index (κ2) is 10.2. The van der Waals surface area contributed by atoms with Gasteiger partial charge in [0.15, 0.2) is 0 Å². The lowest BCUT2D eigenvalue weighted by molar-refractivity contribution is 0.669. The third kappa shape index (κ3) is 3.59. The maximum atomic E-state index is 6.67. The number of hydrogen-bond acceptors (Lipinski definition) is 2. The molecular formula is C52H28O2. The van der Waals surface area contributed by atoms with E-state index in [9.17, 15) is 0 Å². The molecule has 0 amide bonds. The third-order valence-corrected chi connectivity index (χ3v) is 12.0. The fraction of sp³-hybridized carbons (Fsp3) is 0. The molecule has 0 bridgehead atoms. The minimum absolute atomic E-state index is 0.905. The lowest BCUT2D eigenvalue weighted by Gasteiger charge is -2.20. The Morgan fingerprint density at radius 2 is 0.759 bits per heavy atom. The van der Waals surface area contributed by atoms with Crippen LogP contribution in [-0.2, 0) is 0 Å². The molecule has 0 N–H and O–H groups in total. The maximum Gasteiger partial charge on any atom is 0.136 e. The van der Waals surface area contributed by atoms with Gasteiger partial charge in [0.2, 0.25) is 0 Å². The van der Waals surface area contributed by atoms with Crippen molar-refractivity contribution in [3.05, 3.63) is 170 Å². The largest absolute Gasteiger partial charge is 0.456 e. The van der Waals surface area contributed by atoms with E-state index < -0.39 is 0 Å². The molecule has 0 atom stereocenters. The quantitative estimate of drug-likeness (QED) is 0.173. The van der Waals surface area contributed by atoms with Crippen LogP contribution >= 0.6 is 0 Å².